The molecule has 0 saturated carbocycles. The molecular weight excluding hydrogens is 298 g/mol. The predicted molar refractivity (Wildman–Crippen MR) is 85.3 cm³/mol. The van der Waals surface area contributed by atoms with Crippen molar-refractivity contribution in [1.82, 2.24) is 4.90 Å². The van der Waals surface area contributed by atoms with Gasteiger partial charge in [0, 0.05) is 12.6 Å². The van der Waals surface area contributed by atoms with Crippen LogP contribution in [0.2, 0.25) is 0 Å². The maximum Gasteiger partial charge on any atom is 0.227 e. The predicted octanol–water partition coefficient (Wildman–Crippen LogP) is 1.78. The molecule has 114 valence electrons. The van der Waals surface area contributed by atoms with Gasteiger partial charge in [0.25, 0.3) is 0 Å². The second kappa shape index (κ2) is 4.81. The second-order valence-corrected chi connectivity index (χ2v) is 8.53. The molecule has 0 radical (unpaired) electrons. The average Bonchev–Trinajstić information content (AvgIpc) is 3.03. The van der Waals surface area contributed by atoms with Gasteiger partial charge in [0.2, 0.25) is 5.91 Å². The number of carbonyl (C=O) groups excluding carboxylic acids is 1. The maximum atomic E-state index is 12.6. The van der Waals surface area contributed by atoms with Crippen LogP contribution in [-0.2, 0) is 21.1 Å². The smallest absolute Gasteiger partial charge is 0.227 e. The van der Waals surface area contributed by atoms with Crippen molar-refractivity contribution in [1.29, 1.82) is 0 Å². The molecule has 0 N–H and O–H groups in total. The van der Waals surface area contributed by atoms with Crippen molar-refractivity contribution in [2.75, 3.05) is 12.3 Å². The third-order valence-corrected chi connectivity index (χ3v) is 7.06. The summed E-state index contributed by atoms with van der Waals surface area (Å²) in [4.78, 5) is 14.4. The fourth-order valence-corrected chi connectivity index (χ4v) is 5.74. The molecule has 2 aromatic rings. The van der Waals surface area contributed by atoms with Crippen LogP contribution in [0.25, 0.3) is 10.8 Å². The Morgan fingerprint density at radius 3 is 2.64 bits per heavy atom. The Hall–Kier alpha value is -1.88. The van der Waals surface area contributed by atoms with Gasteiger partial charge in [-0.3, -0.25) is 4.79 Å². The number of benzene rings is 2. The summed E-state index contributed by atoms with van der Waals surface area (Å²) in [5.74, 6) is 0.178. The van der Waals surface area contributed by atoms with Gasteiger partial charge in [0.05, 0.1) is 17.4 Å². The number of amides is 1. The van der Waals surface area contributed by atoms with Gasteiger partial charge in [0.1, 0.15) is 0 Å². The van der Waals surface area contributed by atoms with Crippen molar-refractivity contribution in [3.63, 3.8) is 0 Å². The van der Waals surface area contributed by atoms with Crippen LogP contribution in [0.5, 0.6) is 0 Å². The fraction of sp³-hybridized carbons (Fsp3) is 0.353. The fourth-order valence-electron chi connectivity index (χ4n) is 3.71. The third-order valence-electron chi connectivity index (χ3n) is 4.85. The van der Waals surface area contributed by atoms with Gasteiger partial charge in [0.15, 0.2) is 9.84 Å². The number of hydrogen-bond acceptors (Lipinski definition) is 3. The Morgan fingerprint density at radius 2 is 1.91 bits per heavy atom. The SMILES string of the molecule is O=C(Cc1cccc2ccccc12)N1CC2CC1CS2(=O)=O. The van der Waals surface area contributed by atoms with Gasteiger partial charge in [-0.05, 0) is 22.8 Å². The Bertz CT molecular complexity index is 854. The number of nitrogens with zero attached hydrogens (tertiary/aromatic N) is 1. The lowest BCUT2D eigenvalue weighted by atomic mass is 10.0. The van der Waals surface area contributed by atoms with Crippen LogP contribution in [-0.4, -0.2) is 42.8 Å². The number of carbonyl (C=O) groups is 1. The van der Waals surface area contributed by atoms with E-state index in [1.165, 1.54) is 0 Å². The summed E-state index contributed by atoms with van der Waals surface area (Å²) in [6.07, 6.45) is 0.953. The van der Waals surface area contributed by atoms with Crippen LogP contribution in [0.3, 0.4) is 0 Å². The minimum absolute atomic E-state index is 0.0405. The molecule has 2 unspecified atom stereocenters. The Kier molecular flexibility index (Phi) is 3.01. The molecule has 1 amide bonds. The molecule has 4 rings (SSSR count). The molecule has 0 aliphatic carbocycles. The zero-order chi connectivity index (χ0) is 15.3. The van der Waals surface area contributed by atoms with Crippen molar-refractivity contribution >= 4 is 26.5 Å². The molecule has 2 fully saturated rings. The molecule has 0 spiro atoms. The summed E-state index contributed by atoms with van der Waals surface area (Å²) in [5, 5.41) is 1.88. The van der Waals surface area contributed by atoms with Crippen molar-refractivity contribution < 1.29 is 13.2 Å². The van der Waals surface area contributed by atoms with E-state index in [0.29, 0.717) is 19.4 Å². The molecule has 0 aromatic heterocycles. The van der Waals surface area contributed by atoms with E-state index in [1.54, 1.807) is 4.90 Å². The minimum Gasteiger partial charge on any atom is -0.337 e. The largest absolute Gasteiger partial charge is 0.337 e. The number of sulfone groups is 1. The lowest BCUT2D eigenvalue weighted by Crippen LogP contribution is -2.44. The first-order valence-corrected chi connectivity index (χ1v) is 9.24. The quantitative estimate of drug-likeness (QED) is 0.849. The highest BCUT2D eigenvalue weighted by Crippen LogP contribution is 2.33. The summed E-state index contributed by atoms with van der Waals surface area (Å²) in [6.45, 7) is 0.372. The molecule has 2 aromatic carbocycles. The van der Waals surface area contributed by atoms with Crippen LogP contribution in [0.1, 0.15) is 12.0 Å². The van der Waals surface area contributed by atoms with E-state index in [1.807, 2.05) is 42.5 Å². The van der Waals surface area contributed by atoms with Gasteiger partial charge in [-0.1, -0.05) is 42.5 Å². The van der Waals surface area contributed by atoms with E-state index in [4.69, 9.17) is 0 Å². The molecule has 2 aliphatic rings. The lowest BCUT2D eigenvalue weighted by molar-refractivity contribution is -0.130. The summed E-state index contributed by atoms with van der Waals surface area (Å²) >= 11 is 0. The van der Waals surface area contributed by atoms with Crippen molar-refractivity contribution in [2.24, 2.45) is 0 Å². The molecule has 2 saturated heterocycles. The Balaban J connectivity index is 1.58. The lowest BCUT2D eigenvalue weighted by Gasteiger charge is -2.27. The number of hydrogen-bond donors (Lipinski definition) is 0. The van der Waals surface area contributed by atoms with Crippen molar-refractivity contribution in [3.05, 3.63) is 48.0 Å². The van der Waals surface area contributed by atoms with E-state index in [0.717, 1.165) is 16.3 Å². The molecular formula is C17H17NO3S. The normalized spacial score (nSPS) is 25.7. The molecule has 5 heteroatoms. The van der Waals surface area contributed by atoms with Crippen LogP contribution < -0.4 is 0 Å². The minimum atomic E-state index is -2.96. The molecule has 22 heavy (non-hydrogen) atoms. The molecule has 2 aliphatic heterocycles. The summed E-state index contributed by atoms with van der Waals surface area (Å²) in [6, 6.07) is 13.9. The topological polar surface area (TPSA) is 54.5 Å². The van der Waals surface area contributed by atoms with Gasteiger partial charge >= 0.3 is 0 Å². The van der Waals surface area contributed by atoms with Crippen molar-refractivity contribution in [2.45, 2.75) is 24.1 Å². The molecule has 2 bridgehead atoms. The van der Waals surface area contributed by atoms with Crippen LogP contribution in [0.4, 0.5) is 0 Å². The van der Waals surface area contributed by atoms with Crippen molar-refractivity contribution in [3.8, 4) is 0 Å². The highest BCUT2D eigenvalue weighted by Gasteiger charge is 2.49. The van der Waals surface area contributed by atoms with E-state index in [-0.39, 0.29) is 23.0 Å². The maximum absolute atomic E-state index is 12.6. The van der Waals surface area contributed by atoms with Gasteiger partial charge in [-0.15, -0.1) is 0 Å². The summed E-state index contributed by atoms with van der Waals surface area (Å²) in [5.41, 5.74) is 1.01. The van der Waals surface area contributed by atoms with Gasteiger partial charge < -0.3 is 4.90 Å². The highest BCUT2D eigenvalue weighted by atomic mass is 32.2. The van der Waals surface area contributed by atoms with Crippen LogP contribution in [0, 0.1) is 0 Å². The standard InChI is InChI=1S/C17H17NO3S/c19-17(18-10-15-9-14(18)11-22(15,20)21)8-13-6-3-5-12-4-1-2-7-16(12)13/h1-7,14-15H,8-11H2. The monoisotopic (exact) mass is 315 g/mol. The van der Waals surface area contributed by atoms with E-state index in [9.17, 15) is 13.2 Å². The van der Waals surface area contributed by atoms with Crippen LogP contribution >= 0.6 is 0 Å². The molecule has 2 atom stereocenters. The van der Waals surface area contributed by atoms with E-state index >= 15 is 0 Å². The first-order valence-electron chi connectivity index (χ1n) is 7.52. The number of rotatable bonds is 2. The summed E-state index contributed by atoms with van der Waals surface area (Å²) < 4.78 is 23.6. The van der Waals surface area contributed by atoms with Gasteiger partial charge in [-0.25, -0.2) is 8.42 Å². The average molecular weight is 315 g/mol. The zero-order valence-corrected chi connectivity index (χ0v) is 12.9. The first-order chi connectivity index (χ1) is 10.5. The highest BCUT2D eigenvalue weighted by molar-refractivity contribution is 7.92. The van der Waals surface area contributed by atoms with E-state index < -0.39 is 9.84 Å². The van der Waals surface area contributed by atoms with Gasteiger partial charge in [-0.2, -0.15) is 0 Å². The second-order valence-electron chi connectivity index (χ2n) is 6.20. The molecule has 2 heterocycles. The van der Waals surface area contributed by atoms with Crippen LogP contribution in [0.15, 0.2) is 42.5 Å². The first kappa shape index (κ1) is 13.8. The number of fused-ring (bicyclic) bond motifs is 3. The summed E-state index contributed by atoms with van der Waals surface area (Å²) in [7, 11) is -2.96. The zero-order valence-electron chi connectivity index (χ0n) is 12.1. The molecule has 4 nitrogen and oxygen atoms in total. The Labute approximate surface area is 129 Å². The number of likely N-dealkylation sites (tertiary alicyclic amines) is 1. The third kappa shape index (κ3) is 2.11. The van der Waals surface area contributed by atoms with E-state index in [2.05, 4.69) is 0 Å². The Morgan fingerprint density at radius 1 is 1.14 bits per heavy atom.